The number of hydrogen-bond acceptors (Lipinski definition) is 3. The minimum Gasteiger partial charge on any atom is -0.330 e. The van der Waals surface area contributed by atoms with Gasteiger partial charge < -0.3 is 10.6 Å². The van der Waals surface area contributed by atoms with Crippen LogP contribution in [0.25, 0.3) is 0 Å². The lowest BCUT2D eigenvalue weighted by atomic mass is 9.84. The van der Waals surface area contributed by atoms with Gasteiger partial charge in [0.2, 0.25) is 0 Å². The van der Waals surface area contributed by atoms with Crippen LogP contribution in [0.3, 0.4) is 0 Å². The number of carbonyl (C=O) groups is 3. The van der Waals surface area contributed by atoms with Gasteiger partial charge in [0, 0.05) is 33.5 Å². The summed E-state index contributed by atoms with van der Waals surface area (Å²) in [7, 11) is 0. The average molecular weight is 399 g/mol. The van der Waals surface area contributed by atoms with E-state index in [0.29, 0.717) is 27.9 Å². The van der Waals surface area contributed by atoms with Gasteiger partial charge in [0.15, 0.2) is 17.6 Å². The van der Waals surface area contributed by atoms with Crippen LogP contribution in [0.5, 0.6) is 0 Å². The largest absolute Gasteiger partial charge is 0.330 e. The molecule has 0 aromatic heterocycles. The van der Waals surface area contributed by atoms with Crippen LogP contribution >= 0.6 is 0 Å². The normalized spacial score (nSPS) is 14.5. The number of quaternary nitrogens is 1. The minimum atomic E-state index is -0.325. The Balaban J connectivity index is 1.50. The van der Waals surface area contributed by atoms with E-state index < -0.39 is 0 Å². The van der Waals surface area contributed by atoms with Crippen molar-refractivity contribution in [2.24, 2.45) is 0 Å². The quantitative estimate of drug-likeness (QED) is 0.541. The maximum Gasteiger partial charge on any atom is 0.282 e. The second-order valence-electron chi connectivity index (χ2n) is 7.63. The molecule has 5 heteroatoms. The van der Waals surface area contributed by atoms with Crippen molar-refractivity contribution in [3.63, 3.8) is 0 Å². The lowest BCUT2D eigenvalue weighted by Crippen LogP contribution is -2.91. The van der Waals surface area contributed by atoms with E-state index in [1.54, 1.807) is 42.5 Å². The summed E-state index contributed by atoms with van der Waals surface area (Å²) in [5, 5.41) is 4.87. The fourth-order valence-electron chi connectivity index (χ4n) is 3.82. The second kappa shape index (κ2) is 8.05. The molecule has 5 nitrogen and oxygen atoms in total. The second-order valence-corrected chi connectivity index (χ2v) is 7.63. The molecule has 30 heavy (non-hydrogen) atoms. The molecule has 0 spiro atoms. The van der Waals surface area contributed by atoms with E-state index in [2.05, 4.69) is 12.2 Å². The molecule has 1 amide bonds. The Morgan fingerprint density at radius 2 is 1.33 bits per heavy atom. The number of hydrogen-bond donors (Lipinski definition) is 2. The summed E-state index contributed by atoms with van der Waals surface area (Å²) in [6, 6.07) is 21.5. The number of amides is 1. The Morgan fingerprint density at radius 3 is 2.00 bits per heavy atom. The monoisotopic (exact) mass is 399 g/mol. The van der Waals surface area contributed by atoms with E-state index in [4.69, 9.17) is 0 Å². The Bertz CT molecular complexity index is 1140. The smallest absolute Gasteiger partial charge is 0.282 e. The Kier molecular flexibility index (Phi) is 5.29. The minimum absolute atomic E-state index is 0.131. The topological polar surface area (TPSA) is 79.8 Å². The summed E-state index contributed by atoms with van der Waals surface area (Å²) in [6.07, 6.45) is 0. The molecule has 0 heterocycles. The Morgan fingerprint density at radius 1 is 0.767 bits per heavy atom. The Hall–Kier alpha value is -3.57. The van der Waals surface area contributed by atoms with Crippen LogP contribution < -0.4 is 10.6 Å². The number of nitrogens with two attached hydrogens (primary N) is 1. The van der Waals surface area contributed by atoms with Gasteiger partial charge in [-0.05, 0) is 32.0 Å². The molecule has 1 aliphatic rings. The number of ketones is 2. The fourth-order valence-corrected chi connectivity index (χ4v) is 3.82. The van der Waals surface area contributed by atoms with Gasteiger partial charge in [-0.15, -0.1) is 0 Å². The average Bonchev–Trinajstić information content (AvgIpc) is 2.78. The molecule has 3 N–H and O–H groups in total. The SMILES string of the molecule is C[C@H]([NH2+][C@H](C)C(=O)Nc1ccc2c(c1)C(=O)c1ccccc1C2=O)c1ccccc1. The molecular weight excluding hydrogens is 376 g/mol. The zero-order valence-electron chi connectivity index (χ0n) is 16.9. The van der Waals surface area contributed by atoms with Crippen molar-refractivity contribution in [1.82, 2.24) is 0 Å². The van der Waals surface area contributed by atoms with E-state index in [0.717, 1.165) is 5.56 Å². The maximum atomic E-state index is 12.9. The molecule has 0 fully saturated rings. The maximum absolute atomic E-state index is 12.9. The zero-order valence-corrected chi connectivity index (χ0v) is 16.9. The number of carbonyl (C=O) groups excluding carboxylic acids is 3. The molecule has 0 aliphatic heterocycles. The standard InChI is InChI=1S/C25H22N2O3/c1-15(17-8-4-3-5-9-17)26-16(2)25(30)27-18-12-13-21-22(14-18)24(29)20-11-7-6-10-19(20)23(21)28/h3-16,26H,1-2H3,(H,27,30)/p+1/t15-,16+/m0/s1. The zero-order chi connectivity index (χ0) is 21.3. The van der Waals surface area contributed by atoms with Crippen LogP contribution in [-0.2, 0) is 4.79 Å². The first-order valence-electron chi connectivity index (χ1n) is 9.99. The summed E-state index contributed by atoms with van der Waals surface area (Å²) in [4.78, 5) is 38.3. The summed E-state index contributed by atoms with van der Waals surface area (Å²) in [6.45, 7) is 3.90. The van der Waals surface area contributed by atoms with Gasteiger partial charge in [0.25, 0.3) is 5.91 Å². The molecule has 150 valence electrons. The van der Waals surface area contributed by atoms with Gasteiger partial charge in [0.1, 0.15) is 6.04 Å². The van der Waals surface area contributed by atoms with Crippen LogP contribution in [-0.4, -0.2) is 23.5 Å². The summed E-state index contributed by atoms with van der Waals surface area (Å²) < 4.78 is 0. The van der Waals surface area contributed by atoms with E-state index in [-0.39, 0.29) is 29.6 Å². The van der Waals surface area contributed by atoms with Gasteiger partial charge in [-0.25, -0.2) is 0 Å². The highest BCUT2D eigenvalue weighted by Gasteiger charge is 2.30. The third-order valence-corrected chi connectivity index (χ3v) is 5.51. The van der Waals surface area contributed by atoms with Crippen molar-refractivity contribution in [2.75, 3.05) is 5.32 Å². The lowest BCUT2D eigenvalue weighted by Gasteiger charge is -2.19. The predicted octanol–water partition coefficient (Wildman–Crippen LogP) is 3.11. The molecule has 0 saturated carbocycles. The van der Waals surface area contributed by atoms with Gasteiger partial charge in [-0.2, -0.15) is 0 Å². The van der Waals surface area contributed by atoms with E-state index in [9.17, 15) is 14.4 Å². The summed E-state index contributed by atoms with van der Waals surface area (Å²) >= 11 is 0. The van der Waals surface area contributed by atoms with Crippen LogP contribution in [0.4, 0.5) is 5.69 Å². The molecule has 0 radical (unpaired) electrons. The number of anilines is 1. The molecular formula is C25H23N2O3+. The van der Waals surface area contributed by atoms with E-state index >= 15 is 0 Å². The third-order valence-electron chi connectivity index (χ3n) is 5.51. The first-order chi connectivity index (χ1) is 14.5. The highest BCUT2D eigenvalue weighted by Crippen LogP contribution is 2.29. The fraction of sp³-hybridized carbons (Fsp3) is 0.160. The first-order valence-corrected chi connectivity index (χ1v) is 9.99. The lowest BCUT2D eigenvalue weighted by molar-refractivity contribution is -0.709. The molecule has 0 unspecified atom stereocenters. The molecule has 2 atom stereocenters. The molecule has 3 aromatic rings. The van der Waals surface area contributed by atoms with Crippen molar-refractivity contribution in [3.05, 3.63) is 101 Å². The summed E-state index contributed by atoms with van der Waals surface area (Å²) in [5.41, 5.74) is 3.17. The predicted molar refractivity (Wildman–Crippen MR) is 115 cm³/mol. The first kappa shape index (κ1) is 19.7. The van der Waals surface area contributed by atoms with Crippen LogP contribution in [0.2, 0.25) is 0 Å². The molecule has 0 saturated heterocycles. The van der Waals surface area contributed by atoms with Crippen LogP contribution in [0.1, 0.15) is 57.3 Å². The summed E-state index contributed by atoms with van der Waals surface area (Å²) in [5.74, 6) is -0.530. The van der Waals surface area contributed by atoms with E-state index in [1.807, 2.05) is 42.6 Å². The number of benzene rings is 3. The van der Waals surface area contributed by atoms with E-state index in [1.165, 1.54) is 0 Å². The number of fused-ring (bicyclic) bond motifs is 2. The molecule has 0 bridgehead atoms. The van der Waals surface area contributed by atoms with Gasteiger partial charge in [-0.1, -0.05) is 54.6 Å². The third kappa shape index (κ3) is 3.67. The molecule has 4 rings (SSSR count). The van der Waals surface area contributed by atoms with Crippen molar-refractivity contribution >= 4 is 23.2 Å². The van der Waals surface area contributed by atoms with Crippen molar-refractivity contribution in [2.45, 2.75) is 25.9 Å². The van der Waals surface area contributed by atoms with Gasteiger partial charge in [-0.3, -0.25) is 14.4 Å². The highest BCUT2D eigenvalue weighted by molar-refractivity contribution is 6.28. The van der Waals surface area contributed by atoms with Crippen molar-refractivity contribution < 1.29 is 19.7 Å². The number of rotatable bonds is 5. The van der Waals surface area contributed by atoms with Crippen molar-refractivity contribution in [1.29, 1.82) is 0 Å². The van der Waals surface area contributed by atoms with Gasteiger partial charge in [0.05, 0.1) is 0 Å². The van der Waals surface area contributed by atoms with Gasteiger partial charge >= 0.3 is 0 Å². The highest BCUT2D eigenvalue weighted by atomic mass is 16.2. The van der Waals surface area contributed by atoms with Crippen LogP contribution in [0, 0.1) is 0 Å². The van der Waals surface area contributed by atoms with Crippen LogP contribution in [0.15, 0.2) is 72.8 Å². The molecule has 3 aromatic carbocycles. The number of nitrogens with one attached hydrogen (secondary N) is 1. The Labute approximate surface area is 175 Å². The molecule has 1 aliphatic carbocycles. The van der Waals surface area contributed by atoms with Crippen molar-refractivity contribution in [3.8, 4) is 0 Å².